The van der Waals surface area contributed by atoms with Gasteiger partial charge in [0.2, 0.25) is 0 Å². The lowest BCUT2D eigenvalue weighted by atomic mass is 9.97. The summed E-state index contributed by atoms with van der Waals surface area (Å²) < 4.78 is 5.71. The molecule has 1 N–H and O–H groups in total. The molecule has 138 valence electrons. The summed E-state index contributed by atoms with van der Waals surface area (Å²) in [7, 11) is 0. The van der Waals surface area contributed by atoms with E-state index in [0.717, 1.165) is 29.5 Å². The van der Waals surface area contributed by atoms with E-state index in [4.69, 9.17) is 4.42 Å². The molecule has 1 aromatic carbocycles. The van der Waals surface area contributed by atoms with Crippen LogP contribution in [0, 0.1) is 6.92 Å². The number of carbonyl (C=O) groups excluding carboxylic acids is 1. The highest BCUT2D eigenvalue weighted by Crippen LogP contribution is 2.26. The summed E-state index contributed by atoms with van der Waals surface area (Å²) in [5.74, 6) is 1.45. The summed E-state index contributed by atoms with van der Waals surface area (Å²) in [6.07, 6.45) is 8.14. The van der Waals surface area contributed by atoms with Gasteiger partial charge in [0.25, 0.3) is 5.91 Å². The Morgan fingerprint density at radius 3 is 2.85 bits per heavy atom. The number of carbonyl (C=O) groups is 1. The average molecular weight is 360 g/mol. The molecule has 27 heavy (non-hydrogen) atoms. The van der Waals surface area contributed by atoms with E-state index in [2.05, 4.69) is 16.4 Å². The number of amides is 1. The van der Waals surface area contributed by atoms with Crippen LogP contribution < -0.4 is 5.32 Å². The third-order valence-electron chi connectivity index (χ3n) is 5.07. The summed E-state index contributed by atoms with van der Waals surface area (Å²) in [6.45, 7) is 2.56. The second kappa shape index (κ2) is 7.78. The zero-order valence-corrected chi connectivity index (χ0v) is 15.6. The fourth-order valence-electron chi connectivity index (χ4n) is 3.63. The van der Waals surface area contributed by atoms with Gasteiger partial charge in [0, 0.05) is 11.9 Å². The number of benzene rings is 1. The number of hydrogen-bond donors (Lipinski definition) is 1. The van der Waals surface area contributed by atoms with Gasteiger partial charge >= 0.3 is 0 Å². The summed E-state index contributed by atoms with van der Waals surface area (Å²) >= 11 is 0. The van der Waals surface area contributed by atoms with Crippen molar-refractivity contribution in [1.82, 2.24) is 10.3 Å². The zero-order chi connectivity index (χ0) is 18.6. The van der Waals surface area contributed by atoms with Gasteiger partial charge in [-0.15, -0.1) is 0 Å². The van der Waals surface area contributed by atoms with Gasteiger partial charge in [-0.05, 0) is 63.3 Å². The molecule has 1 aliphatic carbocycles. The van der Waals surface area contributed by atoms with Crippen LogP contribution in [0.2, 0.25) is 0 Å². The first-order chi connectivity index (χ1) is 13.2. The molecule has 2 heterocycles. The van der Waals surface area contributed by atoms with Crippen molar-refractivity contribution in [3.05, 3.63) is 65.4 Å². The Balaban J connectivity index is 1.59. The maximum atomic E-state index is 12.9. The molecule has 0 radical (unpaired) electrons. The summed E-state index contributed by atoms with van der Waals surface area (Å²) in [5, 5.41) is 3.94. The molecule has 4 heteroatoms. The minimum absolute atomic E-state index is 0.0606. The molecule has 1 aliphatic rings. The number of aryl methyl sites for hydroxylation is 1. The Morgan fingerprint density at radius 2 is 2.07 bits per heavy atom. The number of nitrogens with zero attached hydrogens (tertiary/aromatic N) is 1. The van der Waals surface area contributed by atoms with Crippen LogP contribution in [0.5, 0.6) is 0 Å². The number of para-hydroxylation sites is 1. The molecule has 0 bridgehead atoms. The van der Waals surface area contributed by atoms with Gasteiger partial charge in [0.15, 0.2) is 5.76 Å². The van der Waals surface area contributed by atoms with E-state index in [9.17, 15) is 4.79 Å². The molecule has 4 rings (SSSR count). The number of allylic oxidation sites excluding steroid dienone is 1. The molecule has 2 aromatic heterocycles. The highest BCUT2D eigenvalue weighted by molar-refractivity contribution is 6.07. The topological polar surface area (TPSA) is 55.1 Å². The van der Waals surface area contributed by atoms with E-state index >= 15 is 0 Å². The van der Waals surface area contributed by atoms with Crippen LogP contribution in [-0.4, -0.2) is 17.4 Å². The molecule has 0 spiro atoms. The van der Waals surface area contributed by atoms with Gasteiger partial charge in [-0.25, -0.2) is 4.98 Å². The van der Waals surface area contributed by atoms with Crippen LogP contribution in [0.3, 0.4) is 0 Å². The number of furan rings is 1. The Bertz CT molecular complexity index is 1000. The third-order valence-corrected chi connectivity index (χ3v) is 5.07. The van der Waals surface area contributed by atoms with Gasteiger partial charge < -0.3 is 9.73 Å². The van der Waals surface area contributed by atoms with Crippen molar-refractivity contribution in [1.29, 1.82) is 0 Å². The van der Waals surface area contributed by atoms with Crippen molar-refractivity contribution in [2.45, 2.75) is 39.0 Å². The average Bonchev–Trinajstić information content (AvgIpc) is 3.14. The lowest BCUT2D eigenvalue weighted by Crippen LogP contribution is -2.25. The Hall–Kier alpha value is -2.88. The minimum atomic E-state index is -0.0606. The largest absolute Gasteiger partial charge is 0.460 e. The molecule has 0 atom stereocenters. The Kier molecular flexibility index (Phi) is 5.05. The number of aromatic nitrogens is 1. The second-order valence-electron chi connectivity index (χ2n) is 7.10. The molecular formula is C23H24N2O2. The quantitative estimate of drug-likeness (QED) is 0.618. The predicted molar refractivity (Wildman–Crippen MR) is 108 cm³/mol. The Morgan fingerprint density at radius 1 is 1.19 bits per heavy atom. The van der Waals surface area contributed by atoms with Crippen LogP contribution in [-0.2, 0) is 0 Å². The van der Waals surface area contributed by atoms with Gasteiger partial charge in [-0.2, -0.15) is 0 Å². The zero-order valence-electron chi connectivity index (χ0n) is 15.6. The highest BCUT2D eigenvalue weighted by Gasteiger charge is 2.15. The SMILES string of the molecule is Cc1ccc(-c2cc(C(=O)NCCC3=CCCCC3)c3ccccc3n2)o1. The van der Waals surface area contributed by atoms with Crippen LogP contribution in [0.25, 0.3) is 22.4 Å². The van der Waals surface area contributed by atoms with Crippen LogP contribution in [0.1, 0.15) is 48.2 Å². The van der Waals surface area contributed by atoms with E-state index in [-0.39, 0.29) is 5.91 Å². The van der Waals surface area contributed by atoms with Crippen molar-refractivity contribution >= 4 is 16.8 Å². The summed E-state index contributed by atoms with van der Waals surface area (Å²) in [6, 6.07) is 13.4. The second-order valence-corrected chi connectivity index (χ2v) is 7.10. The molecule has 1 amide bonds. The van der Waals surface area contributed by atoms with Gasteiger partial charge in [0.05, 0.1) is 11.1 Å². The number of rotatable bonds is 5. The third kappa shape index (κ3) is 3.95. The van der Waals surface area contributed by atoms with Gasteiger partial charge in [0.1, 0.15) is 11.5 Å². The Labute approximate surface area is 159 Å². The van der Waals surface area contributed by atoms with Crippen molar-refractivity contribution in [2.75, 3.05) is 6.54 Å². The van der Waals surface area contributed by atoms with Crippen molar-refractivity contribution in [2.24, 2.45) is 0 Å². The summed E-state index contributed by atoms with van der Waals surface area (Å²) in [4.78, 5) is 17.6. The van der Waals surface area contributed by atoms with Gasteiger partial charge in [-0.1, -0.05) is 29.8 Å². The molecule has 3 aromatic rings. The van der Waals surface area contributed by atoms with E-state index in [1.807, 2.05) is 49.4 Å². The maximum absolute atomic E-state index is 12.9. The van der Waals surface area contributed by atoms with E-state index in [0.29, 0.717) is 23.6 Å². The summed E-state index contributed by atoms with van der Waals surface area (Å²) in [5.41, 5.74) is 3.58. The van der Waals surface area contributed by atoms with Crippen molar-refractivity contribution < 1.29 is 9.21 Å². The molecule has 0 saturated heterocycles. The van der Waals surface area contributed by atoms with E-state index in [1.54, 1.807) is 0 Å². The molecule has 0 saturated carbocycles. The lowest BCUT2D eigenvalue weighted by Gasteiger charge is -2.13. The number of nitrogens with one attached hydrogen (secondary N) is 1. The number of pyridine rings is 1. The number of fused-ring (bicyclic) bond motifs is 1. The maximum Gasteiger partial charge on any atom is 0.252 e. The first-order valence-electron chi connectivity index (χ1n) is 9.63. The molecule has 0 aliphatic heterocycles. The fourth-order valence-corrected chi connectivity index (χ4v) is 3.63. The smallest absolute Gasteiger partial charge is 0.252 e. The van der Waals surface area contributed by atoms with Crippen molar-refractivity contribution in [3.63, 3.8) is 0 Å². The molecular weight excluding hydrogens is 336 g/mol. The van der Waals surface area contributed by atoms with Crippen molar-refractivity contribution in [3.8, 4) is 11.5 Å². The van der Waals surface area contributed by atoms with Crippen LogP contribution in [0.15, 0.2) is 58.5 Å². The van der Waals surface area contributed by atoms with E-state index in [1.165, 1.54) is 24.8 Å². The van der Waals surface area contributed by atoms with Crippen LogP contribution in [0.4, 0.5) is 0 Å². The normalized spacial score (nSPS) is 14.2. The fraction of sp³-hybridized carbons (Fsp3) is 0.304. The molecule has 4 nitrogen and oxygen atoms in total. The first-order valence-corrected chi connectivity index (χ1v) is 9.63. The monoisotopic (exact) mass is 360 g/mol. The standard InChI is InChI=1S/C23H24N2O2/c1-16-11-12-22(27-16)21-15-19(18-9-5-6-10-20(18)25-21)23(26)24-14-13-17-7-3-2-4-8-17/h5-7,9-12,15H,2-4,8,13-14H2,1H3,(H,24,26). The van der Waals surface area contributed by atoms with E-state index < -0.39 is 0 Å². The molecule has 0 unspecified atom stereocenters. The van der Waals surface area contributed by atoms with Crippen LogP contribution >= 0.6 is 0 Å². The van der Waals surface area contributed by atoms with Gasteiger partial charge in [-0.3, -0.25) is 4.79 Å². The minimum Gasteiger partial charge on any atom is -0.460 e. The molecule has 0 fully saturated rings. The highest BCUT2D eigenvalue weighted by atomic mass is 16.3. The lowest BCUT2D eigenvalue weighted by molar-refractivity contribution is 0.0955. The first kappa shape index (κ1) is 17.5. The predicted octanol–water partition coefficient (Wildman–Crippen LogP) is 5.42. The number of hydrogen-bond acceptors (Lipinski definition) is 3.